The lowest BCUT2D eigenvalue weighted by Gasteiger charge is -2.19. The van der Waals surface area contributed by atoms with E-state index in [1.807, 2.05) is 0 Å². The van der Waals surface area contributed by atoms with Crippen LogP contribution in [0.3, 0.4) is 0 Å². The van der Waals surface area contributed by atoms with Gasteiger partial charge in [0.2, 0.25) is 0 Å². The quantitative estimate of drug-likeness (QED) is 0.617. The number of aliphatic hydroxyl groups excluding tert-OH is 2. The van der Waals surface area contributed by atoms with E-state index in [0.717, 1.165) is 0 Å². The normalized spacial score (nSPS) is 22.4. The number of hydrogen-bond acceptors (Lipinski definition) is 6. The highest BCUT2D eigenvalue weighted by atomic mass is 16.6. The summed E-state index contributed by atoms with van der Waals surface area (Å²) in [6, 6.07) is 6.33. The monoisotopic (exact) mass is 275 g/mol. The van der Waals surface area contributed by atoms with Crippen LogP contribution in [0.15, 0.2) is 30.5 Å². The molecule has 3 rings (SSSR count). The van der Waals surface area contributed by atoms with Crippen LogP contribution in [-0.2, 0) is 0 Å². The summed E-state index contributed by atoms with van der Waals surface area (Å²) in [5.74, 6) is 0. The van der Waals surface area contributed by atoms with Crippen LogP contribution in [0.25, 0.3) is 10.9 Å². The molecule has 1 aromatic carbocycles. The van der Waals surface area contributed by atoms with Crippen molar-refractivity contribution in [3.05, 3.63) is 40.6 Å². The minimum atomic E-state index is -0.816. The number of benzene rings is 1. The van der Waals surface area contributed by atoms with Gasteiger partial charge in [-0.15, -0.1) is 0 Å². The zero-order valence-corrected chi connectivity index (χ0v) is 10.5. The highest BCUT2D eigenvalue weighted by Gasteiger charge is 2.31. The van der Waals surface area contributed by atoms with E-state index < -0.39 is 17.1 Å². The average Bonchev–Trinajstić information content (AvgIpc) is 2.77. The number of hydrogen-bond donors (Lipinski definition) is 2. The third-order valence-electron chi connectivity index (χ3n) is 3.52. The second-order valence-corrected chi connectivity index (χ2v) is 4.80. The van der Waals surface area contributed by atoms with E-state index in [2.05, 4.69) is 4.98 Å². The maximum absolute atomic E-state index is 11.0. The Morgan fingerprint density at radius 1 is 1.25 bits per heavy atom. The molecule has 0 spiro atoms. The second-order valence-electron chi connectivity index (χ2n) is 4.80. The Hall–Kier alpha value is -2.25. The van der Waals surface area contributed by atoms with Gasteiger partial charge in [0.15, 0.2) is 0 Å². The van der Waals surface area contributed by atoms with Crippen molar-refractivity contribution in [2.75, 3.05) is 18.0 Å². The van der Waals surface area contributed by atoms with Crippen LogP contribution in [-0.4, -0.2) is 45.4 Å². The fraction of sp³-hybridized carbons (Fsp3) is 0.308. The van der Waals surface area contributed by atoms with E-state index in [4.69, 9.17) is 0 Å². The predicted molar refractivity (Wildman–Crippen MR) is 72.6 cm³/mol. The molecule has 7 heteroatoms. The first-order valence-corrected chi connectivity index (χ1v) is 6.21. The molecule has 2 heterocycles. The maximum Gasteiger partial charge on any atom is 0.278 e. The van der Waals surface area contributed by atoms with Crippen LogP contribution >= 0.6 is 0 Å². The van der Waals surface area contributed by atoms with Gasteiger partial charge in [-0.25, -0.2) is 0 Å². The number of aromatic nitrogens is 1. The van der Waals surface area contributed by atoms with Crippen molar-refractivity contribution in [2.24, 2.45) is 0 Å². The zero-order valence-electron chi connectivity index (χ0n) is 10.5. The van der Waals surface area contributed by atoms with Gasteiger partial charge in [-0.2, -0.15) is 0 Å². The molecule has 0 aliphatic carbocycles. The second kappa shape index (κ2) is 4.69. The van der Waals surface area contributed by atoms with Gasteiger partial charge in [-0.3, -0.25) is 15.1 Å². The molecule has 7 nitrogen and oxygen atoms in total. The van der Waals surface area contributed by atoms with Gasteiger partial charge in [0.25, 0.3) is 5.69 Å². The molecule has 1 aromatic heterocycles. The Labute approximate surface area is 114 Å². The molecule has 1 saturated heterocycles. The molecule has 0 amide bonds. The summed E-state index contributed by atoms with van der Waals surface area (Å²) in [5, 5.41) is 30.7. The summed E-state index contributed by atoms with van der Waals surface area (Å²) in [4.78, 5) is 16.6. The molecule has 104 valence electrons. The van der Waals surface area contributed by atoms with Crippen molar-refractivity contribution in [1.82, 2.24) is 4.98 Å². The van der Waals surface area contributed by atoms with E-state index in [9.17, 15) is 20.3 Å². The van der Waals surface area contributed by atoms with Crippen molar-refractivity contribution in [2.45, 2.75) is 12.2 Å². The molecule has 2 unspecified atom stereocenters. The van der Waals surface area contributed by atoms with Gasteiger partial charge in [0.05, 0.1) is 28.2 Å². The fourth-order valence-corrected chi connectivity index (χ4v) is 2.52. The number of nitro benzene ring substituents is 1. The van der Waals surface area contributed by atoms with Crippen LogP contribution < -0.4 is 4.90 Å². The minimum absolute atomic E-state index is 0.00264. The highest BCUT2D eigenvalue weighted by molar-refractivity contribution is 5.97. The van der Waals surface area contributed by atoms with Crippen LogP contribution in [0.1, 0.15) is 0 Å². The lowest BCUT2D eigenvalue weighted by atomic mass is 10.1. The Morgan fingerprint density at radius 2 is 1.95 bits per heavy atom. The molecule has 1 aliphatic rings. The molecule has 2 aromatic rings. The van der Waals surface area contributed by atoms with Crippen molar-refractivity contribution in [1.29, 1.82) is 0 Å². The van der Waals surface area contributed by atoms with Gasteiger partial charge >= 0.3 is 0 Å². The zero-order chi connectivity index (χ0) is 14.3. The first-order valence-electron chi connectivity index (χ1n) is 6.21. The fourth-order valence-electron chi connectivity index (χ4n) is 2.52. The third-order valence-corrected chi connectivity index (χ3v) is 3.52. The van der Waals surface area contributed by atoms with Crippen LogP contribution in [0.5, 0.6) is 0 Å². The molecule has 1 aliphatic heterocycles. The van der Waals surface area contributed by atoms with Crippen molar-refractivity contribution >= 4 is 22.3 Å². The number of β-amino-alcohol motifs (C(OH)–C–C–N with tert-alkyl or cyclic N) is 2. The summed E-state index contributed by atoms with van der Waals surface area (Å²) < 4.78 is 0. The topological polar surface area (TPSA) is 99.7 Å². The molecular formula is C13H13N3O4. The smallest absolute Gasteiger partial charge is 0.278 e. The number of nitro groups is 1. The van der Waals surface area contributed by atoms with Crippen molar-refractivity contribution in [3.63, 3.8) is 0 Å². The van der Waals surface area contributed by atoms with Crippen molar-refractivity contribution in [3.8, 4) is 0 Å². The molecule has 2 atom stereocenters. The molecule has 0 bridgehead atoms. The number of pyridine rings is 1. The van der Waals surface area contributed by atoms with Crippen LogP contribution in [0, 0.1) is 10.1 Å². The van der Waals surface area contributed by atoms with Gasteiger partial charge in [-0.1, -0.05) is 0 Å². The molecule has 20 heavy (non-hydrogen) atoms. The van der Waals surface area contributed by atoms with E-state index in [1.165, 1.54) is 6.07 Å². The summed E-state index contributed by atoms with van der Waals surface area (Å²) in [6.45, 7) is 0.565. The van der Waals surface area contributed by atoms with Crippen molar-refractivity contribution < 1.29 is 15.1 Å². The van der Waals surface area contributed by atoms with Crippen LogP contribution in [0.4, 0.5) is 11.4 Å². The summed E-state index contributed by atoms with van der Waals surface area (Å²) in [7, 11) is 0. The van der Waals surface area contributed by atoms with E-state index in [1.54, 1.807) is 29.3 Å². The Bertz CT molecular complexity index is 666. The van der Waals surface area contributed by atoms with Gasteiger partial charge in [-0.05, 0) is 18.2 Å². The van der Waals surface area contributed by atoms with E-state index in [0.29, 0.717) is 16.6 Å². The number of rotatable bonds is 2. The molecule has 2 N–H and O–H groups in total. The van der Waals surface area contributed by atoms with E-state index in [-0.39, 0.29) is 18.8 Å². The summed E-state index contributed by atoms with van der Waals surface area (Å²) in [6.07, 6.45) is -0.0636. The molecule has 1 fully saturated rings. The summed E-state index contributed by atoms with van der Waals surface area (Å²) >= 11 is 0. The Kier molecular flexibility index (Phi) is 3.00. The first kappa shape index (κ1) is 12.8. The largest absolute Gasteiger partial charge is 0.389 e. The SMILES string of the molecule is O=[N+]([O-])c1ccc(N2CC(O)C(O)C2)c2ncccc12. The molecule has 0 saturated carbocycles. The Balaban J connectivity index is 2.14. The minimum Gasteiger partial charge on any atom is -0.389 e. The first-order chi connectivity index (χ1) is 9.58. The third kappa shape index (κ3) is 1.97. The standard InChI is InChI=1S/C13H13N3O4/c17-11-6-15(7-12(11)18)10-4-3-9(16(19)20)8-2-1-5-14-13(8)10/h1-5,11-12,17-18H,6-7H2. The Morgan fingerprint density at radius 3 is 2.60 bits per heavy atom. The molecular weight excluding hydrogens is 262 g/mol. The number of nitrogens with zero attached hydrogens (tertiary/aromatic N) is 3. The molecule has 0 radical (unpaired) electrons. The number of aliphatic hydroxyl groups is 2. The lowest BCUT2D eigenvalue weighted by Crippen LogP contribution is -2.22. The van der Waals surface area contributed by atoms with Crippen LogP contribution in [0.2, 0.25) is 0 Å². The van der Waals surface area contributed by atoms with Gasteiger partial charge in [0.1, 0.15) is 5.52 Å². The van der Waals surface area contributed by atoms with Gasteiger partial charge < -0.3 is 15.1 Å². The highest BCUT2D eigenvalue weighted by Crippen LogP contribution is 2.33. The van der Waals surface area contributed by atoms with E-state index >= 15 is 0 Å². The number of non-ortho nitro benzene ring substituents is 1. The summed E-state index contributed by atoms with van der Waals surface area (Å²) in [5.41, 5.74) is 1.18. The number of fused-ring (bicyclic) bond motifs is 1. The lowest BCUT2D eigenvalue weighted by molar-refractivity contribution is -0.383. The average molecular weight is 275 g/mol. The predicted octanol–water partition coefficient (Wildman–Crippen LogP) is 0.685. The van der Waals surface area contributed by atoms with Gasteiger partial charge in [0, 0.05) is 25.4 Å². The maximum atomic E-state index is 11.0. The number of anilines is 1.